The van der Waals surface area contributed by atoms with Crippen molar-refractivity contribution in [3.63, 3.8) is 0 Å². The van der Waals surface area contributed by atoms with Crippen LogP contribution >= 0.6 is 0 Å². The van der Waals surface area contributed by atoms with E-state index in [4.69, 9.17) is 10.5 Å². The van der Waals surface area contributed by atoms with Crippen molar-refractivity contribution >= 4 is 0 Å². The van der Waals surface area contributed by atoms with E-state index in [2.05, 4.69) is 24.3 Å². The minimum Gasteiger partial charge on any atom is -0.372 e. The van der Waals surface area contributed by atoms with Gasteiger partial charge in [-0.15, -0.1) is 0 Å². The molecule has 1 aliphatic heterocycles. The lowest BCUT2D eigenvalue weighted by Crippen LogP contribution is -2.35. The third-order valence-corrected chi connectivity index (χ3v) is 3.55. The second-order valence-corrected chi connectivity index (χ2v) is 4.65. The summed E-state index contributed by atoms with van der Waals surface area (Å²) in [4.78, 5) is 0. The maximum absolute atomic E-state index is 6.24. The maximum atomic E-state index is 6.24. The molecule has 2 nitrogen and oxygen atoms in total. The van der Waals surface area contributed by atoms with Gasteiger partial charge in [-0.25, -0.2) is 0 Å². The zero-order chi connectivity index (χ0) is 10.3. The molecule has 0 aromatic heterocycles. The molecule has 1 fully saturated rings. The number of hydrogen-bond acceptors (Lipinski definition) is 2. The molecule has 2 atom stereocenters. The molecule has 2 N–H and O–H groups in total. The minimum absolute atomic E-state index is 0.141. The lowest BCUT2D eigenvalue weighted by atomic mass is 9.92. The van der Waals surface area contributed by atoms with Crippen LogP contribution in [-0.4, -0.2) is 12.6 Å². The molecule has 1 aliphatic carbocycles. The SMILES string of the molecule is NC(C1CC1)C1OCCc2ccccc21. The van der Waals surface area contributed by atoms with Gasteiger partial charge < -0.3 is 10.5 Å². The number of fused-ring (bicyclic) bond motifs is 1. The van der Waals surface area contributed by atoms with Gasteiger partial charge in [0.05, 0.1) is 12.7 Å². The molecule has 0 saturated heterocycles. The van der Waals surface area contributed by atoms with E-state index in [9.17, 15) is 0 Å². The summed E-state index contributed by atoms with van der Waals surface area (Å²) in [6.07, 6.45) is 3.73. The van der Waals surface area contributed by atoms with Gasteiger partial charge >= 0.3 is 0 Å². The van der Waals surface area contributed by atoms with Crippen molar-refractivity contribution in [1.29, 1.82) is 0 Å². The van der Waals surface area contributed by atoms with Gasteiger partial charge in [0.25, 0.3) is 0 Å². The fourth-order valence-corrected chi connectivity index (χ4v) is 2.47. The highest BCUT2D eigenvalue weighted by Gasteiger charge is 2.37. The lowest BCUT2D eigenvalue weighted by molar-refractivity contribution is 0.0197. The zero-order valence-corrected chi connectivity index (χ0v) is 8.86. The normalized spacial score (nSPS) is 27.1. The number of rotatable bonds is 2. The van der Waals surface area contributed by atoms with E-state index in [0.717, 1.165) is 13.0 Å². The van der Waals surface area contributed by atoms with Gasteiger partial charge in [-0.1, -0.05) is 24.3 Å². The smallest absolute Gasteiger partial charge is 0.0981 e. The molecule has 2 aliphatic rings. The first-order valence-corrected chi connectivity index (χ1v) is 5.81. The Kier molecular flexibility index (Phi) is 2.26. The van der Waals surface area contributed by atoms with Gasteiger partial charge in [0, 0.05) is 6.04 Å². The van der Waals surface area contributed by atoms with Gasteiger partial charge in [0.2, 0.25) is 0 Å². The van der Waals surface area contributed by atoms with Crippen molar-refractivity contribution in [3.05, 3.63) is 35.4 Å². The molecule has 15 heavy (non-hydrogen) atoms. The summed E-state index contributed by atoms with van der Waals surface area (Å²) in [7, 11) is 0. The molecule has 2 heteroatoms. The fraction of sp³-hybridized carbons (Fsp3) is 0.538. The second kappa shape index (κ2) is 3.62. The van der Waals surface area contributed by atoms with Crippen LogP contribution in [0.25, 0.3) is 0 Å². The number of benzene rings is 1. The van der Waals surface area contributed by atoms with Crippen molar-refractivity contribution < 1.29 is 4.74 Å². The highest BCUT2D eigenvalue weighted by Crippen LogP contribution is 2.40. The average molecular weight is 203 g/mol. The number of ether oxygens (including phenoxy) is 1. The molecule has 3 rings (SSSR count). The van der Waals surface area contributed by atoms with E-state index in [0.29, 0.717) is 5.92 Å². The predicted molar refractivity (Wildman–Crippen MR) is 59.5 cm³/mol. The van der Waals surface area contributed by atoms with Crippen LogP contribution in [0, 0.1) is 5.92 Å². The third kappa shape index (κ3) is 1.68. The van der Waals surface area contributed by atoms with Crippen molar-refractivity contribution in [1.82, 2.24) is 0 Å². The lowest BCUT2D eigenvalue weighted by Gasteiger charge is -2.30. The molecule has 1 aromatic rings. The van der Waals surface area contributed by atoms with Crippen LogP contribution in [0.2, 0.25) is 0 Å². The second-order valence-electron chi connectivity index (χ2n) is 4.65. The largest absolute Gasteiger partial charge is 0.372 e. The van der Waals surface area contributed by atoms with Gasteiger partial charge in [-0.2, -0.15) is 0 Å². The molecule has 1 aromatic carbocycles. The van der Waals surface area contributed by atoms with E-state index in [1.165, 1.54) is 24.0 Å². The standard InChI is InChI=1S/C13H17NO/c14-12(10-5-6-10)13-11-4-2-1-3-9(11)7-8-15-13/h1-4,10,12-13H,5-8,14H2. The van der Waals surface area contributed by atoms with Crippen molar-refractivity contribution in [2.75, 3.05) is 6.61 Å². The Morgan fingerprint density at radius 2 is 2.07 bits per heavy atom. The van der Waals surface area contributed by atoms with E-state index < -0.39 is 0 Å². The van der Waals surface area contributed by atoms with Crippen molar-refractivity contribution in [2.45, 2.75) is 31.4 Å². The van der Waals surface area contributed by atoms with Gasteiger partial charge in [-0.05, 0) is 36.3 Å². The van der Waals surface area contributed by atoms with Gasteiger partial charge in [0.15, 0.2) is 0 Å². The highest BCUT2D eigenvalue weighted by atomic mass is 16.5. The first-order valence-electron chi connectivity index (χ1n) is 5.81. The van der Waals surface area contributed by atoms with Crippen LogP contribution in [0.5, 0.6) is 0 Å². The average Bonchev–Trinajstić information content (AvgIpc) is 3.11. The Hall–Kier alpha value is -0.860. The predicted octanol–water partition coefficient (Wildman–Crippen LogP) is 2.04. The summed E-state index contributed by atoms with van der Waals surface area (Å²) < 4.78 is 5.84. The van der Waals surface area contributed by atoms with E-state index in [1.54, 1.807) is 0 Å². The monoisotopic (exact) mass is 203 g/mol. The Morgan fingerprint density at radius 3 is 2.87 bits per heavy atom. The molecule has 0 amide bonds. The fourth-order valence-electron chi connectivity index (χ4n) is 2.47. The Bertz CT molecular complexity index is 359. The van der Waals surface area contributed by atoms with Crippen LogP contribution in [0.1, 0.15) is 30.1 Å². The van der Waals surface area contributed by atoms with Gasteiger partial charge in [0.1, 0.15) is 0 Å². The zero-order valence-electron chi connectivity index (χ0n) is 8.86. The summed E-state index contributed by atoms with van der Waals surface area (Å²) in [5.74, 6) is 0.696. The first-order chi connectivity index (χ1) is 7.36. The van der Waals surface area contributed by atoms with E-state index >= 15 is 0 Å². The molecule has 0 radical (unpaired) electrons. The molecular weight excluding hydrogens is 186 g/mol. The quantitative estimate of drug-likeness (QED) is 0.798. The summed E-state index contributed by atoms with van der Waals surface area (Å²) >= 11 is 0. The summed E-state index contributed by atoms with van der Waals surface area (Å²) in [6, 6.07) is 8.75. The summed E-state index contributed by atoms with van der Waals surface area (Å²) in [6.45, 7) is 0.822. The third-order valence-electron chi connectivity index (χ3n) is 3.55. The molecule has 80 valence electrons. The molecule has 1 heterocycles. The topological polar surface area (TPSA) is 35.2 Å². The molecular formula is C13H17NO. The molecule has 1 saturated carbocycles. The van der Waals surface area contributed by atoms with Crippen LogP contribution in [-0.2, 0) is 11.2 Å². The highest BCUT2D eigenvalue weighted by molar-refractivity contribution is 5.32. The summed E-state index contributed by atoms with van der Waals surface area (Å²) in [5.41, 5.74) is 8.99. The van der Waals surface area contributed by atoms with Crippen LogP contribution in [0.4, 0.5) is 0 Å². The van der Waals surface area contributed by atoms with Crippen molar-refractivity contribution in [2.24, 2.45) is 11.7 Å². The number of nitrogens with two attached hydrogens (primary N) is 1. The van der Waals surface area contributed by atoms with Gasteiger partial charge in [-0.3, -0.25) is 0 Å². The van der Waals surface area contributed by atoms with Crippen LogP contribution < -0.4 is 5.73 Å². The van der Waals surface area contributed by atoms with E-state index in [-0.39, 0.29) is 12.1 Å². The molecule has 2 unspecified atom stereocenters. The Labute approximate surface area is 90.4 Å². The van der Waals surface area contributed by atoms with Crippen LogP contribution in [0.3, 0.4) is 0 Å². The summed E-state index contributed by atoms with van der Waals surface area (Å²) in [5, 5.41) is 0. The maximum Gasteiger partial charge on any atom is 0.0981 e. The minimum atomic E-state index is 0.141. The first kappa shape index (κ1) is 9.37. The van der Waals surface area contributed by atoms with Crippen LogP contribution in [0.15, 0.2) is 24.3 Å². The Morgan fingerprint density at radius 1 is 1.27 bits per heavy atom. The Balaban J connectivity index is 1.91. The number of hydrogen-bond donors (Lipinski definition) is 1. The molecule has 0 spiro atoms. The van der Waals surface area contributed by atoms with E-state index in [1.807, 2.05) is 0 Å². The van der Waals surface area contributed by atoms with Crippen molar-refractivity contribution in [3.8, 4) is 0 Å². The molecule has 0 bridgehead atoms.